The Labute approximate surface area is 221 Å². The van der Waals surface area contributed by atoms with Crippen molar-refractivity contribution in [1.29, 1.82) is 0 Å². The van der Waals surface area contributed by atoms with E-state index in [1.54, 1.807) is 58.0 Å². The molecule has 9 nitrogen and oxygen atoms in total. The largest absolute Gasteiger partial charge is 0.503 e. The van der Waals surface area contributed by atoms with Crippen LogP contribution in [0.15, 0.2) is 48.3 Å². The van der Waals surface area contributed by atoms with Crippen molar-refractivity contribution in [2.75, 3.05) is 18.1 Å². The zero-order valence-electron chi connectivity index (χ0n) is 20.7. The van der Waals surface area contributed by atoms with E-state index in [4.69, 9.17) is 9.47 Å². The highest BCUT2D eigenvalue weighted by Gasteiger charge is 2.46. The molecule has 3 aromatic rings. The summed E-state index contributed by atoms with van der Waals surface area (Å²) in [5, 5.41) is 11.8. The first-order valence-electron chi connectivity index (χ1n) is 11.4. The second-order valence-corrected chi connectivity index (χ2v) is 10.3. The van der Waals surface area contributed by atoms with Gasteiger partial charge in [0.15, 0.2) is 10.9 Å². The molecule has 0 aliphatic carbocycles. The molecule has 1 aliphatic heterocycles. The molecule has 1 N–H and O–H groups in total. The summed E-state index contributed by atoms with van der Waals surface area (Å²) in [6.07, 6.45) is 1.62. The van der Waals surface area contributed by atoms with Crippen LogP contribution in [0.4, 0.5) is 5.13 Å². The van der Waals surface area contributed by atoms with Crippen molar-refractivity contribution < 1.29 is 29.0 Å². The number of aliphatic hydroxyl groups is 1. The second kappa shape index (κ2) is 10.7. The SMILES string of the molecule is C=CCOc1ccc(C2C(C(=O)c3sc(C)nc3C)=C(O)C(=O)N2c2nc(C)c(C(=O)OCC)s2)cc1. The third-order valence-electron chi connectivity index (χ3n) is 5.58. The first-order chi connectivity index (χ1) is 17.7. The first kappa shape index (κ1) is 26.2. The summed E-state index contributed by atoms with van der Waals surface area (Å²) in [7, 11) is 0. The molecular formula is C26H25N3O6S2. The highest BCUT2D eigenvalue weighted by Crippen LogP contribution is 2.44. The fourth-order valence-corrected chi connectivity index (χ4v) is 5.85. The number of aryl methyl sites for hydroxylation is 3. The van der Waals surface area contributed by atoms with Gasteiger partial charge in [-0.2, -0.15) is 0 Å². The molecule has 1 amide bonds. The highest BCUT2D eigenvalue weighted by atomic mass is 32.1. The maximum absolute atomic E-state index is 13.7. The Kier molecular flexibility index (Phi) is 7.55. The topological polar surface area (TPSA) is 119 Å². The van der Waals surface area contributed by atoms with Crippen molar-refractivity contribution in [2.24, 2.45) is 0 Å². The van der Waals surface area contributed by atoms with E-state index in [2.05, 4.69) is 16.5 Å². The Morgan fingerprint density at radius 3 is 2.38 bits per heavy atom. The van der Waals surface area contributed by atoms with Crippen LogP contribution in [0.3, 0.4) is 0 Å². The number of carbonyl (C=O) groups excluding carboxylic acids is 3. The molecule has 2 aromatic heterocycles. The van der Waals surface area contributed by atoms with Crippen LogP contribution in [-0.4, -0.2) is 45.9 Å². The van der Waals surface area contributed by atoms with Gasteiger partial charge in [-0.1, -0.05) is 36.1 Å². The smallest absolute Gasteiger partial charge is 0.350 e. The van der Waals surface area contributed by atoms with Crippen LogP contribution in [0.5, 0.6) is 5.75 Å². The molecule has 0 saturated carbocycles. The fraction of sp³-hybridized carbons (Fsp3) is 0.269. The molecule has 1 aliphatic rings. The van der Waals surface area contributed by atoms with Crippen molar-refractivity contribution in [3.63, 3.8) is 0 Å². The maximum atomic E-state index is 13.7. The van der Waals surface area contributed by atoms with Gasteiger partial charge in [-0.05, 0) is 45.4 Å². The van der Waals surface area contributed by atoms with Crippen LogP contribution in [-0.2, 0) is 9.53 Å². The van der Waals surface area contributed by atoms with Crippen LogP contribution in [0.2, 0.25) is 0 Å². The van der Waals surface area contributed by atoms with Crippen LogP contribution >= 0.6 is 22.7 Å². The van der Waals surface area contributed by atoms with E-state index in [9.17, 15) is 19.5 Å². The van der Waals surface area contributed by atoms with Crippen molar-refractivity contribution in [2.45, 2.75) is 33.7 Å². The summed E-state index contributed by atoms with van der Waals surface area (Å²) in [5.74, 6) is -1.93. The molecular weight excluding hydrogens is 514 g/mol. The third-order valence-corrected chi connectivity index (χ3v) is 7.79. The van der Waals surface area contributed by atoms with E-state index in [0.29, 0.717) is 39.2 Å². The van der Waals surface area contributed by atoms with Gasteiger partial charge in [0, 0.05) is 0 Å². The van der Waals surface area contributed by atoms with Gasteiger partial charge in [-0.3, -0.25) is 14.5 Å². The number of aliphatic hydroxyl groups excluding tert-OH is 1. The Balaban J connectivity index is 1.83. The van der Waals surface area contributed by atoms with Gasteiger partial charge in [-0.25, -0.2) is 14.8 Å². The van der Waals surface area contributed by atoms with Gasteiger partial charge < -0.3 is 14.6 Å². The molecule has 0 saturated heterocycles. The van der Waals surface area contributed by atoms with Gasteiger partial charge in [0.2, 0.25) is 5.78 Å². The Bertz CT molecular complexity index is 1420. The monoisotopic (exact) mass is 539 g/mol. The molecule has 192 valence electrons. The predicted molar refractivity (Wildman–Crippen MR) is 141 cm³/mol. The quantitative estimate of drug-likeness (QED) is 0.228. The molecule has 1 unspecified atom stereocenters. The van der Waals surface area contributed by atoms with E-state index in [1.807, 2.05) is 0 Å². The van der Waals surface area contributed by atoms with Crippen molar-refractivity contribution in [1.82, 2.24) is 9.97 Å². The summed E-state index contributed by atoms with van der Waals surface area (Å²) >= 11 is 2.16. The lowest BCUT2D eigenvalue weighted by Crippen LogP contribution is -2.31. The van der Waals surface area contributed by atoms with Gasteiger partial charge >= 0.3 is 5.97 Å². The molecule has 1 atom stereocenters. The number of amides is 1. The lowest BCUT2D eigenvalue weighted by Gasteiger charge is -2.24. The average Bonchev–Trinajstić information content (AvgIpc) is 3.50. The number of ether oxygens (including phenoxy) is 2. The first-order valence-corrected chi connectivity index (χ1v) is 13.0. The normalized spacial score (nSPS) is 15.3. The standard InChI is InChI=1S/C26H25N3O6S2/c1-6-12-35-17-10-8-16(9-11-17)19-18(20(30)22-13(3)27-15(5)36-22)21(31)24(32)29(19)26-28-14(4)23(37-26)25(33)34-7-2/h6,8-11,19,31H,1,7,12H2,2-5H3. The molecule has 0 radical (unpaired) electrons. The zero-order valence-corrected chi connectivity index (χ0v) is 22.4. The van der Waals surface area contributed by atoms with E-state index >= 15 is 0 Å². The molecule has 0 spiro atoms. The van der Waals surface area contributed by atoms with Gasteiger partial charge in [0.05, 0.1) is 39.5 Å². The fourth-order valence-electron chi connectivity index (χ4n) is 3.99. The molecule has 0 fully saturated rings. The minimum Gasteiger partial charge on any atom is -0.503 e. The minimum atomic E-state index is -0.990. The summed E-state index contributed by atoms with van der Waals surface area (Å²) in [5.41, 5.74) is 1.37. The summed E-state index contributed by atoms with van der Waals surface area (Å²) in [6, 6.07) is 5.85. The zero-order chi connectivity index (χ0) is 26.9. The molecule has 0 bridgehead atoms. The molecule has 37 heavy (non-hydrogen) atoms. The number of Topliss-reactive ketones (excluding diaryl/α,β-unsaturated/α-hetero) is 1. The third kappa shape index (κ3) is 4.92. The maximum Gasteiger partial charge on any atom is 0.350 e. The van der Waals surface area contributed by atoms with Crippen molar-refractivity contribution >= 4 is 45.5 Å². The van der Waals surface area contributed by atoms with Gasteiger partial charge in [0.1, 0.15) is 17.2 Å². The molecule has 1 aromatic carbocycles. The van der Waals surface area contributed by atoms with E-state index < -0.39 is 29.5 Å². The van der Waals surface area contributed by atoms with E-state index in [-0.39, 0.29) is 22.2 Å². The van der Waals surface area contributed by atoms with Crippen molar-refractivity contribution in [3.05, 3.63) is 80.0 Å². The van der Waals surface area contributed by atoms with Crippen LogP contribution in [0.1, 0.15) is 54.3 Å². The number of thiazole rings is 2. The van der Waals surface area contributed by atoms with E-state index in [0.717, 1.165) is 11.3 Å². The predicted octanol–water partition coefficient (Wildman–Crippen LogP) is 5.05. The number of rotatable bonds is 9. The Hall–Kier alpha value is -3.83. The highest BCUT2D eigenvalue weighted by molar-refractivity contribution is 7.17. The van der Waals surface area contributed by atoms with Crippen molar-refractivity contribution in [3.8, 4) is 5.75 Å². The molecule has 4 rings (SSSR count). The van der Waals surface area contributed by atoms with E-state index in [1.165, 1.54) is 16.2 Å². The molecule has 11 heteroatoms. The molecule has 3 heterocycles. The number of hydrogen-bond donors (Lipinski definition) is 1. The Morgan fingerprint density at radius 2 is 1.78 bits per heavy atom. The lowest BCUT2D eigenvalue weighted by atomic mass is 9.95. The number of benzene rings is 1. The van der Waals surface area contributed by atoms with Crippen LogP contribution in [0, 0.1) is 20.8 Å². The number of aromatic nitrogens is 2. The number of nitrogens with zero attached hydrogens (tertiary/aromatic N) is 3. The number of anilines is 1. The number of hydrogen-bond acceptors (Lipinski definition) is 10. The number of esters is 1. The number of carbonyl (C=O) groups is 3. The van der Waals surface area contributed by atoms with Crippen LogP contribution < -0.4 is 9.64 Å². The number of ketones is 1. The summed E-state index contributed by atoms with van der Waals surface area (Å²) in [4.78, 5) is 50.1. The van der Waals surface area contributed by atoms with Gasteiger partial charge in [0.25, 0.3) is 5.91 Å². The summed E-state index contributed by atoms with van der Waals surface area (Å²) in [6.45, 7) is 11.0. The average molecular weight is 540 g/mol. The lowest BCUT2D eigenvalue weighted by molar-refractivity contribution is -0.117. The van der Waals surface area contributed by atoms with Gasteiger partial charge in [-0.15, -0.1) is 11.3 Å². The second-order valence-electron chi connectivity index (χ2n) is 8.12. The Morgan fingerprint density at radius 1 is 1.11 bits per heavy atom. The van der Waals surface area contributed by atoms with Crippen LogP contribution in [0.25, 0.3) is 0 Å². The summed E-state index contributed by atoms with van der Waals surface area (Å²) < 4.78 is 10.7. The minimum absolute atomic E-state index is 0.0814.